The Bertz CT molecular complexity index is 891. The second kappa shape index (κ2) is 6.71. The van der Waals surface area contributed by atoms with Crippen LogP contribution < -0.4 is 5.32 Å². The maximum absolute atomic E-state index is 12.7. The predicted molar refractivity (Wildman–Crippen MR) is 94.0 cm³/mol. The van der Waals surface area contributed by atoms with Gasteiger partial charge in [0.2, 0.25) is 5.91 Å². The summed E-state index contributed by atoms with van der Waals surface area (Å²) in [5, 5.41) is 9.75. The van der Waals surface area contributed by atoms with Crippen molar-refractivity contribution < 1.29 is 14.2 Å². The summed E-state index contributed by atoms with van der Waals surface area (Å²) < 4.78 is 4.53. The predicted octanol–water partition coefficient (Wildman–Crippen LogP) is 0.713. The van der Waals surface area contributed by atoms with Crippen LogP contribution >= 0.6 is 0 Å². The van der Waals surface area contributed by atoms with E-state index in [-0.39, 0.29) is 23.6 Å². The highest BCUT2D eigenvalue weighted by Gasteiger charge is 2.44. The van der Waals surface area contributed by atoms with Gasteiger partial charge in [-0.1, -0.05) is 5.16 Å². The largest absolute Gasteiger partial charge is 0.341 e. The number of amides is 2. The molecule has 4 rings (SSSR count). The minimum atomic E-state index is -0.455. The average Bonchev–Trinajstić information content (AvgIpc) is 3.24. The fraction of sp³-hybridized carbons (Fsp3) is 0.556. The smallest absolute Gasteiger partial charge is 0.275 e. The Kier molecular flexibility index (Phi) is 4.37. The number of aryl methyl sites for hydroxylation is 3. The molecule has 1 aliphatic carbocycles. The average molecular weight is 370 g/mol. The number of aromatic nitrogens is 4. The van der Waals surface area contributed by atoms with Crippen LogP contribution in [0.15, 0.2) is 10.8 Å². The summed E-state index contributed by atoms with van der Waals surface area (Å²) in [6, 6.07) is 0. The van der Waals surface area contributed by atoms with Crippen LogP contribution in [0.1, 0.15) is 52.5 Å². The molecule has 1 spiro atoms. The molecule has 2 aromatic heterocycles. The van der Waals surface area contributed by atoms with Crippen molar-refractivity contribution in [1.29, 1.82) is 0 Å². The van der Waals surface area contributed by atoms with Crippen LogP contribution in [-0.4, -0.2) is 56.6 Å². The molecule has 1 atom stereocenters. The van der Waals surface area contributed by atoms with Gasteiger partial charge < -0.3 is 10.2 Å². The summed E-state index contributed by atoms with van der Waals surface area (Å²) in [7, 11) is 0. The lowest BCUT2D eigenvalue weighted by Crippen LogP contribution is -2.50. The fourth-order valence-corrected chi connectivity index (χ4v) is 4.16. The summed E-state index contributed by atoms with van der Waals surface area (Å²) >= 11 is 0. The van der Waals surface area contributed by atoms with Crippen molar-refractivity contribution in [2.75, 3.05) is 19.6 Å². The summed E-state index contributed by atoms with van der Waals surface area (Å²) in [6.45, 7) is 4.78. The summed E-state index contributed by atoms with van der Waals surface area (Å²) in [5.41, 5.74) is 2.70. The van der Waals surface area contributed by atoms with Gasteiger partial charge in [0.05, 0.1) is 12.2 Å². The second-order valence-corrected chi connectivity index (χ2v) is 7.37. The standard InChI is InChI=1S/C18H22N6O3/c1-11-15(23-27-22-11)17(26)20-9-14(25)24-7-3-5-18(10-24)6-4-13-8-19-12(2)21-16(13)18/h8H,3-7,9-10H2,1-2H3,(H,20,26). The molecule has 2 aromatic rings. The molecule has 0 aromatic carbocycles. The van der Waals surface area contributed by atoms with Crippen LogP contribution in [0.3, 0.4) is 0 Å². The van der Waals surface area contributed by atoms with Gasteiger partial charge in [-0.15, -0.1) is 0 Å². The summed E-state index contributed by atoms with van der Waals surface area (Å²) in [6.07, 6.45) is 5.81. The maximum atomic E-state index is 12.7. The van der Waals surface area contributed by atoms with Crippen molar-refractivity contribution in [3.63, 3.8) is 0 Å². The van der Waals surface area contributed by atoms with Gasteiger partial charge in [0, 0.05) is 24.7 Å². The minimum absolute atomic E-state index is 0.0725. The van der Waals surface area contributed by atoms with Crippen molar-refractivity contribution in [2.45, 2.75) is 44.9 Å². The van der Waals surface area contributed by atoms with E-state index in [9.17, 15) is 9.59 Å². The summed E-state index contributed by atoms with van der Waals surface area (Å²) in [5.74, 6) is 0.210. The van der Waals surface area contributed by atoms with E-state index >= 15 is 0 Å². The van der Waals surface area contributed by atoms with Crippen molar-refractivity contribution in [1.82, 2.24) is 30.5 Å². The van der Waals surface area contributed by atoms with Crippen molar-refractivity contribution in [3.8, 4) is 0 Å². The number of hydrogen-bond donors (Lipinski definition) is 1. The Morgan fingerprint density at radius 1 is 1.30 bits per heavy atom. The zero-order chi connectivity index (χ0) is 19.0. The van der Waals surface area contributed by atoms with Gasteiger partial charge in [-0.25, -0.2) is 14.6 Å². The topological polar surface area (TPSA) is 114 Å². The second-order valence-electron chi connectivity index (χ2n) is 7.37. The fourth-order valence-electron chi connectivity index (χ4n) is 4.16. The lowest BCUT2D eigenvalue weighted by atomic mass is 9.77. The van der Waals surface area contributed by atoms with E-state index in [0.29, 0.717) is 18.8 Å². The quantitative estimate of drug-likeness (QED) is 0.846. The number of nitrogens with one attached hydrogen (secondary N) is 1. The molecule has 1 aliphatic heterocycles. The molecule has 1 saturated heterocycles. The molecule has 9 heteroatoms. The molecule has 0 bridgehead atoms. The molecule has 142 valence electrons. The van der Waals surface area contributed by atoms with Crippen LogP contribution in [0.2, 0.25) is 0 Å². The SMILES string of the molecule is Cc1ncc2c(n1)C1(CCCN(C(=O)CNC(=O)c3nonc3C)C1)CC2. The van der Waals surface area contributed by atoms with Gasteiger partial charge in [-0.05, 0) is 50.3 Å². The monoisotopic (exact) mass is 370 g/mol. The number of fused-ring (bicyclic) bond motifs is 2. The highest BCUT2D eigenvalue weighted by atomic mass is 16.6. The molecule has 3 heterocycles. The molecule has 1 N–H and O–H groups in total. The Morgan fingerprint density at radius 2 is 2.15 bits per heavy atom. The first kappa shape index (κ1) is 17.6. The number of hydrogen-bond acceptors (Lipinski definition) is 7. The van der Waals surface area contributed by atoms with E-state index in [1.165, 1.54) is 5.56 Å². The Balaban J connectivity index is 1.43. The molecular weight excluding hydrogens is 348 g/mol. The van der Waals surface area contributed by atoms with Crippen molar-refractivity contribution in [3.05, 3.63) is 34.7 Å². The lowest BCUT2D eigenvalue weighted by Gasteiger charge is -2.40. The zero-order valence-electron chi connectivity index (χ0n) is 15.5. The first-order valence-electron chi connectivity index (χ1n) is 9.17. The first-order chi connectivity index (χ1) is 13.0. The number of carbonyl (C=O) groups excluding carboxylic acids is 2. The Morgan fingerprint density at radius 3 is 2.93 bits per heavy atom. The maximum Gasteiger partial charge on any atom is 0.275 e. The van der Waals surface area contributed by atoms with Crippen LogP contribution in [0.5, 0.6) is 0 Å². The van der Waals surface area contributed by atoms with Crippen molar-refractivity contribution in [2.24, 2.45) is 0 Å². The third-order valence-corrected chi connectivity index (χ3v) is 5.56. The van der Waals surface area contributed by atoms with Crippen LogP contribution in [0.4, 0.5) is 0 Å². The molecule has 2 aliphatic rings. The van der Waals surface area contributed by atoms with Crippen molar-refractivity contribution >= 4 is 11.8 Å². The molecule has 1 unspecified atom stereocenters. The van der Waals surface area contributed by atoms with Crippen LogP contribution in [0, 0.1) is 13.8 Å². The van der Waals surface area contributed by atoms with E-state index in [1.807, 2.05) is 18.0 Å². The van der Waals surface area contributed by atoms with Gasteiger partial charge in [0.15, 0.2) is 5.69 Å². The van der Waals surface area contributed by atoms with Gasteiger partial charge in [0.25, 0.3) is 5.91 Å². The van der Waals surface area contributed by atoms with E-state index in [4.69, 9.17) is 4.98 Å². The molecule has 0 radical (unpaired) electrons. The van der Waals surface area contributed by atoms with Gasteiger partial charge in [0.1, 0.15) is 11.5 Å². The van der Waals surface area contributed by atoms with Crippen LogP contribution in [-0.2, 0) is 16.6 Å². The minimum Gasteiger partial charge on any atom is -0.341 e. The van der Waals surface area contributed by atoms with E-state index in [1.54, 1.807) is 6.92 Å². The number of likely N-dealkylation sites (tertiary alicyclic amines) is 1. The zero-order valence-corrected chi connectivity index (χ0v) is 15.5. The van der Waals surface area contributed by atoms with Crippen LogP contribution in [0.25, 0.3) is 0 Å². The number of piperidine rings is 1. The highest BCUT2D eigenvalue weighted by molar-refractivity contribution is 5.95. The first-order valence-corrected chi connectivity index (χ1v) is 9.17. The molecule has 0 saturated carbocycles. The Labute approximate surface area is 156 Å². The molecule has 9 nitrogen and oxygen atoms in total. The molecule has 2 amide bonds. The number of carbonyl (C=O) groups is 2. The third-order valence-electron chi connectivity index (χ3n) is 5.56. The van der Waals surface area contributed by atoms with Gasteiger partial charge >= 0.3 is 0 Å². The van der Waals surface area contributed by atoms with E-state index < -0.39 is 5.91 Å². The molecular formula is C18H22N6O3. The third kappa shape index (κ3) is 3.17. The summed E-state index contributed by atoms with van der Waals surface area (Å²) in [4.78, 5) is 35.6. The Hall–Kier alpha value is -2.84. The van der Waals surface area contributed by atoms with Gasteiger partial charge in [-0.3, -0.25) is 9.59 Å². The lowest BCUT2D eigenvalue weighted by molar-refractivity contribution is -0.132. The highest BCUT2D eigenvalue weighted by Crippen LogP contribution is 2.43. The number of nitrogens with zero attached hydrogens (tertiary/aromatic N) is 5. The normalized spacial score (nSPS) is 21.3. The molecule has 1 fully saturated rings. The molecule has 27 heavy (non-hydrogen) atoms. The van der Waals surface area contributed by atoms with E-state index in [2.05, 4.69) is 25.2 Å². The van der Waals surface area contributed by atoms with Gasteiger partial charge in [-0.2, -0.15) is 0 Å². The number of rotatable bonds is 3. The van der Waals surface area contributed by atoms with E-state index in [0.717, 1.165) is 37.2 Å².